The molecule has 9 heteroatoms. The van der Waals surface area contributed by atoms with E-state index in [2.05, 4.69) is 22.0 Å². The highest BCUT2D eigenvalue weighted by atomic mass is 19.4. The lowest BCUT2D eigenvalue weighted by molar-refractivity contribution is -0.145. The van der Waals surface area contributed by atoms with Gasteiger partial charge in [-0.2, -0.15) is 13.2 Å². The fourth-order valence-electron chi connectivity index (χ4n) is 6.25. The molecule has 4 aromatic carbocycles. The molecule has 51 heavy (non-hydrogen) atoms. The summed E-state index contributed by atoms with van der Waals surface area (Å²) in [5, 5.41) is 0. The zero-order valence-electron chi connectivity index (χ0n) is 28.1. The second-order valence-electron chi connectivity index (χ2n) is 12.6. The van der Waals surface area contributed by atoms with Crippen molar-refractivity contribution in [2.24, 2.45) is 0 Å². The Morgan fingerprint density at radius 2 is 1.35 bits per heavy atom. The summed E-state index contributed by atoms with van der Waals surface area (Å²) < 4.78 is 39.5. The molecule has 0 bridgehead atoms. The Balaban J connectivity index is 1.28. The van der Waals surface area contributed by atoms with Crippen LogP contribution in [0.2, 0.25) is 0 Å². The van der Waals surface area contributed by atoms with E-state index in [0.717, 1.165) is 41.1 Å². The second kappa shape index (κ2) is 16.4. The maximum atomic E-state index is 14.5. The molecule has 1 aromatic heterocycles. The van der Waals surface area contributed by atoms with Crippen molar-refractivity contribution < 1.29 is 22.8 Å². The number of amides is 2. The molecule has 1 atom stereocenters. The fraction of sp³-hybridized carbons (Fsp3) is 0.214. The van der Waals surface area contributed by atoms with Crippen molar-refractivity contribution in [3.8, 4) is 11.3 Å². The van der Waals surface area contributed by atoms with Crippen LogP contribution in [-0.4, -0.2) is 63.7 Å². The van der Waals surface area contributed by atoms with Crippen LogP contribution in [0.1, 0.15) is 27.8 Å². The molecule has 5 aromatic rings. The summed E-state index contributed by atoms with van der Waals surface area (Å²) in [5.74, 6) is -0.555. The molecular weight excluding hydrogens is 649 g/mol. The van der Waals surface area contributed by atoms with E-state index in [1.807, 2.05) is 95.9 Å². The monoisotopic (exact) mass is 688 g/mol. The molecule has 2 heterocycles. The van der Waals surface area contributed by atoms with Gasteiger partial charge >= 0.3 is 6.18 Å². The molecule has 1 fully saturated rings. The number of aromatic nitrogens is 1. The minimum atomic E-state index is -4.46. The Kier molecular flexibility index (Phi) is 11.4. The first-order chi connectivity index (χ1) is 24.7. The minimum Gasteiger partial charge on any atom is -0.338 e. The van der Waals surface area contributed by atoms with Crippen LogP contribution >= 0.6 is 0 Å². The van der Waals surface area contributed by atoms with Gasteiger partial charge < -0.3 is 9.80 Å². The van der Waals surface area contributed by atoms with Crippen LogP contribution < -0.4 is 0 Å². The van der Waals surface area contributed by atoms with Gasteiger partial charge in [0.15, 0.2) is 0 Å². The van der Waals surface area contributed by atoms with Crippen LogP contribution in [-0.2, 0) is 35.3 Å². The van der Waals surface area contributed by atoms with E-state index < -0.39 is 23.7 Å². The lowest BCUT2D eigenvalue weighted by Crippen LogP contribution is -2.56. The number of benzene rings is 4. The lowest BCUT2D eigenvalue weighted by Gasteiger charge is -2.39. The molecule has 6 rings (SSSR count). The zero-order valence-corrected chi connectivity index (χ0v) is 28.1. The van der Waals surface area contributed by atoms with Crippen LogP contribution in [0, 0.1) is 0 Å². The minimum absolute atomic E-state index is 0.139. The predicted molar refractivity (Wildman–Crippen MR) is 193 cm³/mol. The number of nitrogens with zero attached hydrogens (tertiary/aromatic N) is 4. The largest absolute Gasteiger partial charge is 0.416 e. The molecule has 0 spiro atoms. The van der Waals surface area contributed by atoms with Gasteiger partial charge in [0.2, 0.25) is 11.8 Å². The second-order valence-corrected chi connectivity index (χ2v) is 12.6. The van der Waals surface area contributed by atoms with Crippen molar-refractivity contribution in [1.82, 2.24) is 19.7 Å². The average Bonchev–Trinajstić information content (AvgIpc) is 3.16. The maximum Gasteiger partial charge on any atom is 0.416 e. The Morgan fingerprint density at radius 3 is 1.96 bits per heavy atom. The van der Waals surface area contributed by atoms with Gasteiger partial charge in [0, 0.05) is 63.5 Å². The van der Waals surface area contributed by atoms with E-state index in [4.69, 9.17) is 0 Å². The third-order valence-electron chi connectivity index (χ3n) is 9.07. The molecule has 0 N–H and O–H groups in total. The van der Waals surface area contributed by atoms with Crippen molar-refractivity contribution in [2.75, 3.05) is 26.2 Å². The van der Waals surface area contributed by atoms with Gasteiger partial charge in [-0.1, -0.05) is 103 Å². The van der Waals surface area contributed by atoms with Crippen molar-refractivity contribution in [1.29, 1.82) is 0 Å². The first-order valence-corrected chi connectivity index (χ1v) is 17.0. The summed E-state index contributed by atoms with van der Waals surface area (Å²) in [7, 11) is 0. The van der Waals surface area contributed by atoms with E-state index >= 15 is 0 Å². The summed E-state index contributed by atoms with van der Waals surface area (Å²) in [5.41, 5.74) is 4.36. The van der Waals surface area contributed by atoms with Crippen molar-refractivity contribution in [2.45, 2.75) is 31.7 Å². The van der Waals surface area contributed by atoms with Gasteiger partial charge in [-0.05, 0) is 52.6 Å². The van der Waals surface area contributed by atoms with Crippen molar-refractivity contribution in [3.05, 3.63) is 167 Å². The summed E-state index contributed by atoms with van der Waals surface area (Å²) >= 11 is 0. The zero-order chi connectivity index (χ0) is 35.6. The Bertz CT molecular complexity index is 1890. The van der Waals surface area contributed by atoms with E-state index in [1.165, 1.54) is 29.8 Å². The molecule has 0 radical (unpaired) electrons. The standard InChI is InChI=1S/C42H39F3N4O2/c43-42(44,45)37-21-16-32(17-22-37)18-23-40(50)49(31-35-14-19-36(20-15-35)38-13-7-8-24-46-38)39(29-33-9-3-1-4-10-33)41(51)48-27-25-47(26-28-48)30-34-11-5-2-6-12-34/h1-24,39H,25-31H2/t39-/m0/s1. The molecule has 0 aliphatic carbocycles. The molecule has 1 aliphatic heterocycles. The number of carbonyl (C=O) groups is 2. The molecule has 6 nitrogen and oxygen atoms in total. The number of rotatable bonds is 11. The van der Waals surface area contributed by atoms with E-state index in [1.54, 1.807) is 11.1 Å². The van der Waals surface area contributed by atoms with Crippen molar-refractivity contribution >= 4 is 17.9 Å². The lowest BCUT2D eigenvalue weighted by atomic mass is 10.0. The Labute approximate surface area is 296 Å². The SMILES string of the molecule is O=C([C@H](Cc1ccccc1)N(Cc1ccc(-c2ccccn2)cc1)C(=O)C=Cc1ccc(C(F)(F)F)cc1)N1CCN(Cc2ccccc2)CC1. The van der Waals surface area contributed by atoms with E-state index in [0.29, 0.717) is 38.2 Å². The van der Waals surface area contributed by atoms with Crippen LogP contribution in [0.5, 0.6) is 0 Å². The first kappa shape index (κ1) is 35.3. The predicted octanol–water partition coefficient (Wildman–Crippen LogP) is 7.77. The smallest absolute Gasteiger partial charge is 0.338 e. The maximum absolute atomic E-state index is 14.5. The van der Waals surface area contributed by atoms with Crippen LogP contribution in [0.25, 0.3) is 17.3 Å². The average molecular weight is 689 g/mol. The quantitative estimate of drug-likeness (QED) is 0.133. The van der Waals surface area contributed by atoms with Crippen LogP contribution in [0.15, 0.2) is 140 Å². The van der Waals surface area contributed by atoms with E-state index in [9.17, 15) is 22.8 Å². The topological polar surface area (TPSA) is 56.8 Å². The van der Waals surface area contributed by atoms with Gasteiger partial charge in [-0.15, -0.1) is 0 Å². The number of hydrogen-bond acceptors (Lipinski definition) is 4. The third-order valence-corrected chi connectivity index (χ3v) is 9.07. The van der Waals surface area contributed by atoms with Gasteiger partial charge in [0.25, 0.3) is 0 Å². The number of alkyl halides is 3. The molecule has 0 saturated carbocycles. The number of halogens is 3. The van der Waals surface area contributed by atoms with Crippen LogP contribution in [0.3, 0.4) is 0 Å². The fourth-order valence-corrected chi connectivity index (χ4v) is 6.25. The molecule has 0 unspecified atom stereocenters. The number of piperazine rings is 1. The normalized spacial score (nSPS) is 14.4. The first-order valence-electron chi connectivity index (χ1n) is 17.0. The highest BCUT2D eigenvalue weighted by Crippen LogP contribution is 2.29. The number of carbonyl (C=O) groups excluding carboxylic acids is 2. The summed E-state index contributed by atoms with van der Waals surface area (Å²) in [6.07, 6.45) is 0.405. The summed E-state index contributed by atoms with van der Waals surface area (Å²) in [6.45, 7) is 3.41. The molecule has 1 saturated heterocycles. The molecule has 2 amide bonds. The van der Waals surface area contributed by atoms with E-state index in [-0.39, 0.29) is 12.5 Å². The highest BCUT2D eigenvalue weighted by Gasteiger charge is 2.34. The Morgan fingerprint density at radius 1 is 0.725 bits per heavy atom. The summed E-state index contributed by atoms with van der Waals surface area (Å²) in [6, 6.07) is 37.1. The van der Waals surface area contributed by atoms with Gasteiger partial charge in [0.1, 0.15) is 6.04 Å². The Hall–Kier alpha value is -5.54. The van der Waals surface area contributed by atoms with Gasteiger partial charge in [-0.25, -0.2) is 0 Å². The van der Waals surface area contributed by atoms with Crippen molar-refractivity contribution in [3.63, 3.8) is 0 Å². The van der Waals surface area contributed by atoms with Gasteiger partial charge in [0.05, 0.1) is 11.3 Å². The number of hydrogen-bond donors (Lipinski definition) is 0. The van der Waals surface area contributed by atoms with Crippen LogP contribution in [0.4, 0.5) is 13.2 Å². The number of pyridine rings is 1. The summed E-state index contributed by atoms with van der Waals surface area (Å²) in [4.78, 5) is 38.9. The molecular formula is C42H39F3N4O2. The third kappa shape index (κ3) is 9.58. The van der Waals surface area contributed by atoms with Gasteiger partial charge in [-0.3, -0.25) is 19.5 Å². The molecule has 260 valence electrons. The molecule has 1 aliphatic rings. The highest BCUT2D eigenvalue weighted by molar-refractivity contribution is 5.95.